The molecule has 0 aromatic heterocycles. The Morgan fingerprint density at radius 1 is 0.920 bits per heavy atom. The third-order valence-corrected chi connectivity index (χ3v) is 3.91. The van der Waals surface area contributed by atoms with E-state index in [9.17, 15) is 9.59 Å². The topological polar surface area (TPSA) is 58.2 Å². The highest BCUT2D eigenvalue weighted by Gasteiger charge is 2.19. The van der Waals surface area contributed by atoms with Gasteiger partial charge in [-0.05, 0) is 41.7 Å². The minimum Gasteiger partial charge on any atom is -0.352 e. The molecule has 0 aliphatic heterocycles. The van der Waals surface area contributed by atoms with Gasteiger partial charge < -0.3 is 10.6 Å². The van der Waals surface area contributed by atoms with Crippen LogP contribution in [0.2, 0.25) is 0 Å². The maximum Gasteiger partial charge on any atom is 0.255 e. The van der Waals surface area contributed by atoms with E-state index >= 15 is 0 Å². The number of anilines is 1. The molecule has 2 N–H and O–H groups in total. The normalized spacial score (nSPS) is 11.0. The van der Waals surface area contributed by atoms with Crippen LogP contribution in [-0.4, -0.2) is 18.4 Å². The summed E-state index contributed by atoms with van der Waals surface area (Å²) in [6.07, 6.45) is 0.871. The van der Waals surface area contributed by atoms with Gasteiger partial charge in [0.25, 0.3) is 11.8 Å². The molecule has 2 aromatic carbocycles. The quantitative estimate of drug-likeness (QED) is 0.850. The molecular weight excluding hydrogens is 312 g/mol. The van der Waals surface area contributed by atoms with E-state index in [-0.39, 0.29) is 17.2 Å². The lowest BCUT2D eigenvalue weighted by Crippen LogP contribution is -2.24. The Bertz CT molecular complexity index is 760. The summed E-state index contributed by atoms with van der Waals surface area (Å²) in [6, 6.07) is 14.6. The van der Waals surface area contributed by atoms with Crippen molar-refractivity contribution < 1.29 is 9.59 Å². The van der Waals surface area contributed by atoms with Gasteiger partial charge in [0.15, 0.2) is 0 Å². The Balaban J connectivity index is 2.21. The number of nitrogens with one attached hydrogen (secondary N) is 2. The summed E-state index contributed by atoms with van der Waals surface area (Å²) in [5.41, 5.74) is 2.74. The van der Waals surface area contributed by atoms with Crippen molar-refractivity contribution in [3.05, 3.63) is 65.2 Å². The average molecular weight is 338 g/mol. The molecule has 0 aliphatic rings. The van der Waals surface area contributed by atoms with Gasteiger partial charge in [-0.2, -0.15) is 0 Å². The van der Waals surface area contributed by atoms with Crippen molar-refractivity contribution in [1.82, 2.24) is 5.32 Å². The molecule has 2 rings (SSSR count). The van der Waals surface area contributed by atoms with Crippen LogP contribution in [0.5, 0.6) is 0 Å². The predicted octanol–water partition coefficient (Wildman–Crippen LogP) is 4.38. The Labute approximate surface area is 149 Å². The smallest absolute Gasteiger partial charge is 0.255 e. The van der Waals surface area contributed by atoms with Gasteiger partial charge in [0.1, 0.15) is 0 Å². The molecule has 0 atom stereocenters. The molecule has 0 fully saturated rings. The molecule has 0 aliphatic carbocycles. The highest BCUT2D eigenvalue weighted by atomic mass is 16.2. The first kappa shape index (κ1) is 18.7. The number of hydrogen-bond donors (Lipinski definition) is 2. The van der Waals surface area contributed by atoms with Crippen molar-refractivity contribution >= 4 is 17.5 Å². The third-order valence-electron chi connectivity index (χ3n) is 3.91. The van der Waals surface area contributed by atoms with E-state index in [1.165, 1.54) is 0 Å². The minimum absolute atomic E-state index is 0.0776. The molecule has 2 amide bonds. The molecule has 0 saturated heterocycles. The van der Waals surface area contributed by atoms with Gasteiger partial charge in [-0.25, -0.2) is 0 Å². The zero-order valence-electron chi connectivity index (χ0n) is 15.3. The third kappa shape index (κ3) is 4.92. The maximum atomic E-state index is 12.6. The van der Waals surface area contributed by atoms with E-state index in [0.717, 1.165) is 17.7 Å². The number of hydrogen-bond acceptors (Lipinski definition) is 2. The summed E-state index contributed by atoms with van der Waals surface area (Å²) >= 11 is 0. The van der Waals surface area contributed by atoms with Gasteiger partial charge in [0, 0.05) is 23.4 Å². The molecule has 0 saturated carbocycles. The molecule has 4 heteroatoms. The van der Waals surface area contributed by atoms with E-state index in [4.69, 9.17) is 0 Å². The summed E-state index contributed by atoms with van der Waals surface area (Å²) in [4.78, 5) is 24.7. The van der Waals surface area contributed by atoms with Gasteiger partial charge >= 0.3 is 0 Å². The predicted molar refractivity (Wildman–Crippen MR) is 102 cm³/mol. The SMILES string of the molecule is CCCNC(=O)c1cccc(C(=O)Nc2ccccc2C(C)(C)C)c1. The largest absolute Gasteiger partial charge is 0.352 e. The van der Waals surface area contributed by atoms with Crippen LogP contribution >= 0.6 is 0 Å². The number of carbonyl (C=O) groups excluding carboxylic acids is 2. The zero-order chi connectivity index (χ0) is 18.4. The molecule has 0 spiro atoms. The van der Waals surface area contributed by atoms with E-state index in [2.05, 4.69) is 31.4 Å². The van der Waals surface area contributed by atoms with E-state index in [1.54, 1.807) is 24.3 Å². The summed E-state index contributed by atoms with van der Waals surface area (Å²) in [7, 11) is 0. The number of carbonyl (C=O) groups is 2. The van der Waals surface area contributed by atoms with Crippen LogP contribution in [0.3, 0.4) is 0 Å². The van der Waals surface area contributed by atoms with Crippen LogP contribution in [0.15, 0.2) is 48.5 Å². The fourth-order valence-corrected chi connectivity index (χ4v) is 2.58. The van der Waals surface area contributed by atoms with E-state index in [0.29, 0.717) is 17.7 Å². The van der Waals surface area contributed by atoms with Gasteiger partial charge in [-0.15, -0.1) is 0 Å². The number of para-hydroxylation sites is 1. The fourth-order valence-electron chi connectivity index (χ4n) is 2.58. The van der Waals surface area contributed by atoms with Crippen LogP contribution in [0.25, 0.3) is 0 Å². The number of benzene rings is 2. The van der Waals surface area contributed by atoms with E-state index in [1.807, 2.05) is 31.2 Å². The lowest BCUT2D eigenvalue weighted by atomic mass is 9.86. The fraction of sp³-hybridized carbons (Fsp3) is 0.333. The van der Waals surface area contributed by atoms with Crippen LogP contribution in [-0.2, 0) is 5.41 Å². The van der Waals surface area contributed by atoms with Crippen molar-refractivity contribution in [2.24, 2.45) is 0 Å². The first-order valence-corrected chi connectivity index (χ1v) is 8.62. The Hall–Kier alpha value is -2.62. The van der Waals surface area contributed by atoms with Crippen molar-refractivity contribution in [3.8, 4) is 0 Å². The second-order valence-electron chi connectivity index (χ2n) is 7.09. The molecular formula is C21H26N2O2. The molecule has 0 radical (unpaired) electrons. The van der Waals surface area contributed by atoms with Gasteiger partial charge in [0.05, 0.1) is 0 Å². The standard InChI is InChI=1S/C21H26N2O2/c1-5-13-22-19(24)15-9-8-10-16(14-15)20(25)23-18-12-7-6-11-17(18)21(2,3)4/h6-12,14H,5,13H2,1-4H3,(H,22,24)(H,23,25). The summed E-state index contributed by atoms with van der Waals surface area (Å²) < 4.78 is 0. The first-order valence-electron chi connectivity index (χ1n) is 8.62. The molecule has 25 heavy (non-hydrogen) atoms. The number of amides is 2. The molecule has 0 unspecified atom stereocenters. The summed E-state index contributed by atoms with van der Waals surface area (Å²) in [6.45, 7) is 8.94. The molecule has 0 bridgehead atoms. The van der Waals surface area contributed by atoms with Crippen LogP contribution in [0, 0.1) is 0 Å². The Kier molecular flexibility index (Phi) is 5.97. The highest BCUT2D eigenvalue weighted by molar-refractivity contribution is 6.06. The molecule has 132 valence electrons. The zero-order valence-corrected chi connectivity index (χ0v) is 15.3. The van der Waals surface area contributed by atoms with Crippen LogP contribution in [0.4, 0.5) is 5.69 Å². The minimum atomic E-state index is -0.221. The Morgan fingerprint density at radius 2 is 1.56 bits per heavy atom. The molecule has 4 nitrogen and oxygen atoms in total. The van der Waals surface area contributed by atoms with Crippen molar-refractivity contribution in [1.29, 1.82) is 0 Å². The highest BCUT2D eigenvalue weighted by Crippen LogP contribution is 2.29. The lowest BCUT2D eigenvalue weighted by molar-refractivity contribution is 0.0953. The van der Waals surface area contributed by atoms with Crippen LogP contribution < -0.4 is 10.6 Å². The maximum absolute atomic E-state index is 12.6. The monoisotopic (exact) mass is 338 g/mol. The molecule has 2 aromatic rings. The van der Waals surface area contributed by atoms with E-state index < -0.39 is 0 Å². The van der Waals surface area contributed by atoms with Gasteiger partial charge in [0.2, 0.25) is 0 Å². The second-order valence-corrected chi connectivity index (χ2v) is 7.09. The van der Waals surface area contributed by atoms with Crippen molar-refractivity contribution in [2.75, 3.05) is 11.9 Å². The molecule has 0 heterocycles. The van der Waals surface area contributed by atoms with Gasteiger partial charge in [-0.3, -0.25) is 9.59 Å². The Morgan fingerprint density at radius 3 is 2.20 bits per heavy atom. The van der Waals surface area contributed by atoms with Gasteiger partial charge in [-0.1, -0.05) is 52.0 Å². The second kappa shape index (κ2) is 7.97. The lowest BCUT2D eigenvalue weighted by Gasteiger charge is -2.23. The van der Waals surface area contributed by atoms with Crippen LogP contribution in [0.1, 0.15) is 60.4 Å². The summed E-state index contributed by atoms with van der Waals surface area (Å²) in [5, 5.41) is 5.79. The average Bonchev–Trinajstić information content (AvgIpc) is 2.59. The number of rotatable bonds is 5. The first-order chi connectivity index (χ1) is 11.8. The van der Waals surface area contributed by atoms with Crippen molar-refractivity contribution in [3.63, 3.8) is 0 Å². The van der Waals surface area contributed by atoms with Crippen molar-refractivity contribution in [2.45, 2.75) is 39.5 Å². The summed E-state index contributed by atoms with van der Waals surface area (Å²) in [5.74, 6) is -0.381.